The Kier molecular flexibility index (Phi) is 4.01. The Bertz CT molecular complexity index is 1250. The van der Waals surface area contributed by atoms with Gasteiger partial charge < -0.3 is 14.4 Å². The molecule has 0 bridgehead atoms. The zero-order valence-electron chi connectivity index (χ0n) is 15.6. The maximum absolute atomic E-state index is 15.0. The van der Waals surface area contributed by atoms with Crippen molar-refractivity contribution in [1.29, 1.82) is 0 Å². The highest BCUT2D eigenvalue weighted by Crippen LogP contribution is 2.37. The van der Waals surface area contributed by atoms with Gasteiger partial charge in [-0.25, -0.2) is 9.97 Å². The third-order valence-corrected chi connectivity index (χ3v) is 5.34. The lowest BCUT2D eigenvalue weighted by molar-refractivity contribution is 0.459. The molecular weight excluding hydrogens is 371 g/mol. The highest BCUT2D eigenvalue weighted by Gasteiger charge is 2.29. The Labute approximate surface area is 165 Å². The summed E-state index contributed by atoms with van der Waals surface area (Å²) in [5.74, 6) is -0.687. The van der Waals surface area contributed by atoms with Crippen molar-refractivity contribution >= 4 is 5.57 Å². The number of hydrogen-bond acceptors (Lipinski definition) is 4. The molecule has 144 valence electrons. The van der Waals surface area contributed by atoms with Crippen LogP contribution in [0, 0.1) is 5.82 Å². The molecule has 2 N–H and O–H groups in total. The SMILES string of the molecule is CC1C(c2cnc[nH]2)=CCc2oc(-c3ccc(-c4cnc[nH]4)cc3)c(F)c(=O)c21. The molecule has 1 aliphatic carbocycles. The molecule has 1 atom stereocenters. The second kappa shape index (κ2) is 6.70. The molecule has 0 spiro atoms. The zero-order valence-corrected chi connectivity index (χ0v) is 15.6. The van der Waals surface area contributed by atoms with Crippen LogP contribution in [0.3, 0.4) is 0 Å². The van der Waals surface area contributed by atoms with E-state index < -0.39 is 11.2 Å². The average Bonchev–Trinajstić information content (AvgIpc) is 3.45. The van der Waals surface area contributed by atoms with Gasteiger partial charge in [0, 0.05) is 23.5 Å². The van der Waals surface area contributed by atoms with E-state index in [1.165, 1.54) is 0 Å². The first-order valence-electron chi connectivity index (χ1n) is 9.27. The fourth-order valence-electron chi connectivity index (χ4n) is 3.85. The van der Waals surface area contributed by atoms with E-state index in [1.807, 2.05) is 25.1 Å². The van der Waals surface area contributed by atoms with Crippen molar-refractivity contribution in [3.63, 3.8) is 0 Å². The number of halogens is 1. The highest BCUT2D eigenvalue weighted by atomic mass is 19.1. The van der Waals surface area contributed by atoms with Gasteiger partial charge in [0.1, 0.15) is 5.76 Å². The van der Waals surface area contributed by atoms with Gasteiger partial charge in [-0.3, -0.25) is 4.79 Å². The minimum atomic E-state index is -0.865. The van der Waals surface area contributed by atoms with Crippen molar-refractivity contribution in [2.45, 2.75) is 19.3 Å². The van der Waals surface area contributed by atoms with Crippen LogP contribution in [0.1, 0.15) is 29.9 Å². The number of nitrogens with zero attached hydrogens (tertiary/aromatic N) is 2. The number of allylic oxidation sites excluding steroid dienone is 2. The molecular formula is C22H17FN4O2. The number of imidazole rings is 2. The van der Waals surface area contributed by atoms with E-state index in [1.54, 1.807) is 37.2 Å². The molecule has 3 heterocycles. The van der Waals surface area contributed by atoms with Crippen LogP contribution in [0.15, 0.2) is 64.6 Å². The van der Waals surface area contributed by atoms with Gasteiger partial charge in [0.2, 0.25) is 11.2 Å². The van der Waals surface area contributed by atoms with E-state index in [0.29, 0.717) is 23.3 Å². The van der Waals surface area contributed by atoms with Crippen LogP contribution in [0.25, 0.3) is 28.2 Å². The molecule has 0 aliphatic heterocycles. The number of aromatic nitrogens is 4. The van der Waals surface area contributed by atoms with E-state index in [9.17, 15) is 4.79 Å². The summed E-state index contributed by atoms with van der Waals surface area (Å²) in [6.07, 6.45) is 8.99. The van der Waals surface area contributed by atoms with Crippen LogP contribution in [0.2, 0.25) is 0 Å². The molecule has 0 saturated heterocycles. The molecule has 1 aliphatic rings. The maximum atomic E-state index is 15.0. The summed E-state index contributed by atoms with van der Waals surface area (Å²) in [5.41, 5.74) is 3.77. The average molecular weight is 388 g/mol. The number of rotatable bonds is 3. The molecule has 0 fully saturated rings. The summed E-state index contributed by atoms with van der Waals surface area (Å²) < 4.78 is 20.9. The lowest BCUT2D eigenvalue weighted by atomic mass is 9.84. The third-order valence-electron chi connectivity index (χ3n) is 5.34. The fraction of sp³-hybridized carbons (Fsp3) is 0.136. The summed E-state index contributed by atoms with van der Waals surface area (Å²) in [5, 5.41) is 0. The van der Waals surface area contributed by atoms with Gasteiger partial charge >= 0.3 is 0 Å². The van der Waals surface area contributed by atoms with Crippen LogP contribution in [-0.2, 0) is 6.42 Å². The fourth-order valence-corrected chi connectivity index (χ4v) is 3.85. The molecule has 1 unspecified atom stereocenters. The summed E-state index contributed by atoms with van der Waals surface area (Å²) in [6.45, 7) is 1.87. The van der Waals surface area contributed by atoms with E-state index in [4.69, 9.17) is 4.42 Å². The Balaban J connectivity index is 1.56. The molecule has 7 heteroatoms. The van der Waals surface area contributed by atoms with Gasteiger partial charge in [0.15, 0.2) is 5.76 Å². The quantitative estimate of drug-likeness (QED) is 0.548. The largest absolute Gasteiger partial charge is 0.457 e. The Hall–Kier alpha value is -3.74. The lowest BCUT2D eigenvalue weighted by Crippen LogP contribution is -2.22. The first kappa shape index (κ1) is 17.4. The minimum Gasteiger partial charge on any atom is -0.457 e. The van der Waals surface area contributed by atoms with Gasteiger partial charge in [-0.1, -0.05) is 37.3 Å². The van der Waals surface area contributed by atoms with Crippen molar-refractivity contribution in [1.82, 2.24) is 19.9 Å². The molecule has 4 aromatic rings. The van der Waals surface area contributed by atoms with Crippen molar-refractivity contribution in [2.24, 2.45) is 0 Å². The second-order valence-corrected chi connectivity index (χ2v) is 7.00. The van der Waals surface area contributed by atoms with E-state index in [-0.39, 0.29) is 11.7 Å². The molecule has 0 radical (unpaired) electrons. The standard InChI is InChI=1S/C22H17FN4O2/c1-12-15(17-9-25-11-27-17)6-7-18-19(12)21(28)20(23)22(29-18)14-4-2-13(3-5-14)16-8-24-10-26-16/h2-6,8-12H,7H2,1H3,(H,24,26)(H,25,27). The molecule has 1 aromatic carbocycles. The molecule has 0 saturated carbocycles. The van der Waals surface area contributed by atoms with Crippen molar-refractivity contribution in [2.75, 3.05) is 0 Å². The molecule has 0 amide bonds. The molecule has 5 rings (SSSR count). The number of fused-ring (bicyclic) bond motifs is 1. The van der Waals surface area contributed by atoms with Crippen LogP contribution in [0.4, 0.5) is 4.39 Å². The minimum absolute atomic E-state index is 0.0319. The number of hydrogen-bond donors (Lipinski definition) is 2. The maximum Gasteiger partial charge on any atom is 0.225 e. The predicted octanol–water partition coefficient (Wildman–Crippen LogP) is 4.30. The zero-order chi connectivity index (χ0) is 20.0. The topological polar surface area (TPSA) is 87.6 Å². The molecule has 29 heavy (non-hydrogen) atoms. The molecule has 3 aromatic heterocycles. The first-order valence-corrected chi connectivity index (χ1v) is 9.27. The van der Waals surface area contributed by atoms with Crippen molar-refractivity contribution < 1.29 is 8.81 Å². The van der Waals surface area contributed by atoms with E-state index in [2.05, 4.69) is 19.9 Å². The summed E-state index contributed by atoms with van der Waals surface area (Å²) in [7, 11) is 0. The Morgan fingerprint density at radius 2 is 1.69 bits per heavy atom. The first-order chi connectivity index (χ1) is 14.1. The Morgan fingerprint density at radius 3 is 2.34 bits per heavy atom. The van der Waals surface area contributed by atoms with Gasteiger partial charge in [0.05, 0.1) is 36.4 Å². The van der Waals surface area contributed by atoms with Crippen LogP contribution < -0.4 is 5.43 Å². The summed E-state index contributed by atoms with van der Waals surface area (Å²) in [6, 6.07) is 7.14. The van der Waals surface area contributed by atoms with Crippen molar-refractivity contribution in [3.8, 4) is 22.6 Å². The van der Waals surface area contributed by atoms with Gasteiger partial charge in [-0.2, -0.15) is 4.39 Å². The van der Waals surface area contributed by atoms with Gasteiger partial charge in [0.25, 0.3) is 0 Å². The summed E-state index contributed by atoms with van der Waals surface area (Å²) in [4.78, 5) is 27.0. The van der Waals surface area contributed by atoms with Crippen LogP contribution in [0.5, 0.6) is 0 Å². The summed E-state index contributed by atoms with van der Waals surface area (Å²) >= 11 is 0. The lowest BCUT2D eigenvalue weighted by Gasteiger charge is -2.22. The Morgan fingerprint density at radius 1 is 1.03 bits per heavy atom. The van der Waals surface area contributed by atoms with Gasteiger partial charge in [-0.05, 0) is 11.1 Å². The number of nitrogens with one attached hydrogen (secondary N) is 2. The number of benzene rings is 1. The van der Waals surface area contributed by atoms with Gasteiger partial charge in [-0.15, -0.1) is 0 Å². The predicted molar refractivity (Wildman–Crippen MR) is 107 cm³/mol. The van der Waals surface area contributed by atoms with E-state index >= 15 is 4.39 Å². The smallest absolute Gasteiger partial charge is 0.225 e. The number of aromatic amines is 2. The highest BCUT2D eigenvalue weighted by molar-refractivity contribution is 5.72. The van der Waals surface area contributed by atoms with Crippen LogP contribution >= 0.6 is 0 Å². The van der Waals surface area contributed by atoms with Crippen LogP contribution in [-0.4, -0.2) is 19.9 Å². The molecule has 6 nitrogen and oxygen atoms in total. The number of H-pyrrole nitrogens is 2. The van der Waals surface area contributed by atoms with Crippen molar-refractivity contribution in [3.05, 3.63) is 88.4 Å². The second-order valence-electron chi connectivity index (χ2n) is 7.00. The third kappa shape index (κ3) is 2.82. The normalized spacial score (nSPS) is 15.8. The monoisotopic (exact) mass is 388 g/mol. The van der Waals surface area contributed by atoms with E-state index in [0.717, 1.165) is 22.5 Å².